The summed E-state index contributed by atoms with van der Waals surface area (Å²) in [6.07, 6.45) is 6.69. The Hall–Kier alpha value is -2.22. The molecule has 7 nitrogen and oxygen atoms in total. The molecule has 3 atom stereocenters. The van der Waals surface area contributed by atoms with Crippen LogP contribution in [0.15, 0.2) is 24.3 Å². The second-order valence-corrected chi connectivity index (χ2v) is 9.97. The van der Waals surface area contributed by atoms with Crippen molar-refractivity contribution < 1.29 is 14.4 Å². The fourth-order valence-corrected chi connectivity index (χ4v) is 6.20. The zero-order chi connectivity index (χ0) is 21.6. The fraction of sp³-hybridized carbons (Fsp3) is 0.609. The molecule has 0 aromatic heterocycles. The summed E-state index contributed by atoms with van der Waals surface area (Å²) < 4.78 is 0. The lowest BCUT2D eigenvalue weighted by Crippen LogP contribution is -2.36. The lowest BCUT2D eigenvalue weighted by atomic mass is 10.0. The predicted molar refractivity (Wildman–Crippen MR) is 122 cm³/mol. The van der Waals surface area contributed by atoms with E-state index in [9.17, 15) is 14.4 Å². The van der Waals surface area contributed by atoms with Crippen molar-refractivity contribution in [2.45, 2.75) is 68.8 Å². The van der Waals surface area contributed by atoms with E-state index in [1.54, 1.807) is 0 Å². The maximum absolute atomic E-state index is 12.7. The smallest absolute Gasteiger partial charge is 0.315 e. The summed E-state index contributed by atoms with van der Waals surface area (Å²) >= 11 is 1.91. The highest BCUT2D eigenvalue weighted by Crippen LogP contribution is 2.33. The highest BCUT2D eigenvalue weighted by molar-refractivity contribution is 8.00. The number of carbonyl (C=O) groups excluding carboxylic acids is 3. The van der Waals surface area contributed by atoms with Gasteiger partial charge in [0.05, 0.1) is 12.1 Å². The van der Waals surface area contributed by atoms with Crippen LogP contribution in [0.5, 0.6) is 0 Å². The third-order valence-corrected chi connectivity index (χ3v) is 7.90. The van der Waals surface area contributed by atoms with Gasteiger partial charge < -0.3 is 20.9 Å². The molecule has 0 radical (unpaired) electrons. The van der Waals surface area contributed by atoms with E-state index >= 15 is 0 Å². The lowest BCUT2D eigenvalue weighted by molar-refractivity contribution is -0.121. The first kappa shape index (κ1) is 22.0. The molecule has 3 N–H and O–H groups in total. The molecule has 8 heteroatoms. The predicted octanol–water partition coefficient (Wildman–Crippen LogP) is 2.65. The number of thioether (sulfide) groups is 1. The molecule has 0 saturated carbocycles. The SMILES string of the molecule is O=C(CCCC[C@@H]1SC[C@@H]2NC(=O)N[C@@H]21)NCc1cccc(C(=O)N2CCCCC2)c1. The molecule has 1 aromatic rings. The number of hydrogen-bond acceptors (Lipinski definition) is 4. The summed E-state index contributed by atoms with van der Waals surface area (Å²) in [5.74, 6) is 1.10. The number of nitrogens with zero attached hydrogens (tertiary/aromatic N) is 1. The van der Waals surface area contributed by atoms with Crippen molar-refractivity contribution in [3.63, 3.8) is 0 Å². The molecule has 3 aliphatic heterocycles. The van der Waals surface area contributed by atoms with Gasteiger partial charge in [0.15, 0.2) is 0 Å². The lowest BCUT2D eigenvalue weighted by Gasteiger charge is -2.26. The van der Waals surface area contributed by atoms with Gasteiger partial charge >= 0.3 is 6.03 Å². The van der Waals surface area contributed by atoms with Crippen molar-refractivity contribution in [2.24, 2.45) is 0 Å². The molecular formula is C23H32N4O3S. The zero-order valence-corrected chi connectivity index (χ0v) is 18.7. The van der Waals surface area contributed by atoms with E-state index in [-0.39, 0.29) is 29.9 Å². The number of amides is 4. The van der Waals surface area contributed by atoms with Crippen molar-refractivity contribution in [3.8, 4) is 0 Å². The monoisotopic (exact) mass is 444 g/mol. The number of urea groups is 1. The van der Waals surface area contributed by atoms with Gasteiger partial charge in [0.1, 0.15) is 0 Å². The number of piperidine rings is 1. The van der Waals surface area contributed by atoms with Crippen LogP contribution in [-0.2, 0) is 11.3 Å². The van der Waals surface area contributed by atoms with Crippen LogP contribution in [0.3, 0.4) is 0 Å². The number of carbonyl (C=O) groups is 3. The van der Waals surface area contributed by atoms with Gasteiger partial charge in [-0.25, -0.2) is 4.79 Å². The summed E-state index contributed by atoms with van der Waals surface area (Å²) in [4.78, 5) is 38.3. The normalized spacial score (nSPS) is 25.0. The molecule has 4 rings (SSSR count). The number of nitrogens with one attached hydrogen (secondary N) is 3. The summed E-state index contributed by atoms with van der Waals surface area (Å²) in [6, 6.07) is 8.02. The first-order valence-electron chi connectivity index (χ1n) is 11.4. The minimum absolute atomic E-state index is 0.0422. The Morgan fingerprint density at radius 2 is 1.97 bits per heavy atom. The van der Waals surface area contributed by atoms with Gasteiger partial charge in [-0.1, -0.05) is 18.6 Å². The number of unbranched alkanes of at least 4 members (excludes halogenated alkanes) is 1. The highest BCUT2D eigenvalue weighted by Gasteiger charge is 2.42. The van der Waals surface area contributed by atoms with Crippen LogP contribution in [0, 0.1) is 0 Å². The van der Waals surface area contributed by atoms with Gasteiger partial charge in [0.2, 0.25) is 5.91 Å². The Labute approximate surface area is 188 Å². The second-order valence-electron chi connectivity index (χ2n) is 8.70. The molecule has 3 aliphatic rings. The number of hydrogen-bond donors (Lipinski definition) is 3. The number of likely N-dealkylation sites (tertiary alicyclic amines) is 1. The van der Waals surface area contributed by atoms with Gasteiger partial charge in [0, 0.05) is 42.6 Å². The van der Waals surface area contributed by atoms with Gasteiger partial charge in [-0.3, -0.25) is 9.59 Å². The number of rotatable bonds is 8. The van der Waals surface area contributed by atoms with E-state index in [1.807, 2.05) is 40.9 Å². The fourth-order valence-electron chi connectivity index (χ4n) is 4.66. The molecule has 0 unspecified atom stereocenters. The highest BCUT2D eigenvalue weighted by atomic mass is 32.2. The summed E-state index contributed by atoms with van der Waals surface area (Å²) in [5, 5.41) is 9.38. The van der Waals surface area contributed by atoms with Crippen LogP contribution in [-0.4, -0.2) is 58.9 Å². The molecule has 0 aliphatic carbocycles. The van der Waals surface area contributed by atoms with Crippen LogP contribution in [0.2, 0.25) is 0 Å². The average Bonchev–Trinajstić information content (AvgIpc) is 3.35. The maximum Gasteiger partial charge on any atom is 0.315 e. The first-order valence-corrected chi connectivity index (χ1v) is 12.5. The Balaban J connectivity index is 1.15. The first-order chi connectivity index (χ1) is 15.1. The molecule has 4 amide bonds. The molecule has 3 saturated heterocycles. The summed E-state index contributed by atoms with van der Waals surface area (Å²) in [5.41, 5.74) is 1.66. The third kappa shape index (κ3) is 5.73. The van der Waals surface area contributed by atoms with Crippen molar-refractivity contribution in [1.29, 1.82) is 0 Å². The zero-order valence-electron chi connectivity index (χ0n) is 17.9. The van der Waals surface area contributed by atoms with Crippen LogP contribution in [0.1, 0.15) is 60.9 Å². The maximum atomic E-state index is 12.7. The molecule has 3 fully saturated rings. The Morgan fingerprint density at radius 1 is 1.13 bits per heavy atom. The Kier molecular flexibility index (Phi) is 7.37. The molecule has 0 bridgehead atoms. The number of benzene rings is 1. The van der Waals surface area contributed by atoms with Crippen molar-refractivity contribution in [2.75, 3.05) is 18.8 Å². The van der Waals surface area contributed by atoms with Crippen molar-refractivity contribution >= 4 is 29.6 Å². The molecule has 3 heterocycles. The van der Waals surface area contributed by atoms with Crippen molar-refractivity contribution in [1.82, 2.24) is 20.9 Å². The van der Waals surface area contributed by atoms with E-state index in [1.165, 1.54) is 6.42 Å². The van der Waals surface area contributed by atoms with E-state index in [0.717, 1.165) is 56.5 Å². The van der Waals surface area contributed by atoms with E-state index < -0.39 is 0 Å². The molecule has 1 aromatic carbocycles. The topological polar surface area (TPSA) is 90.5 Å². The van der Waals surface area contributed by atoms with Crippen molar-refractivity contribution in [3.05, 3.63) is 35.4 Å². The van der Waals surface area contributed by atoms with E-state index in [4.69, 9.17) is 0 Å². The van der Waals surface area contributed by atoms with Crippen LogP contribution in [0.4, 0.5) is 4.79 Å². The Morgan fingerprint density at radius 3 is 2.81 bits per heavy atom. The minimum Gasteiger partial charge on any atom is -0.352 e. The third-order valence-electron chi connectivity index (χ3n) is 6.39. The van der Waals surface area contributed by atoms with Gasteiger partial charge in [0.25, 0.3) is 5.91 Å². The van der Waals surface area contributed by atoms with Crippen LogP contribution in [0.25, 0.3) is 0 Å². The van der Waals surface area contributed by atoms with Gasteiger partial charge in [-0.2, -0.15) is 11.8 Å². The van der Waals surface area contributed by atoms with Crippen LogP contribution >= 0.6 is 11.8 Å². The van der Waals surface area contributed by atoms with E-state index in [2.05, 4.69) is 16.0 Å². The average molecular weight is 445 g/mol. The quantitative estimate of drug-likeness (QED) is 0.425. The largest absolute Gasteiger partial charge is 0.352 e. The van der Waals surface area contributed by atoms with Gasteiger partial charge in [-0.15, -0.1) is 0 Å². The van der Waals surface area contributed by atoms with Gasteiger partial charge in [-0.05, 0) is 49.8 Å². The van der Waals surface area contributed by atoms with E-state index in [0.29, 0.717) is 23.8 Å². The molecular weight excluding hydrogens is 412 g/mol. The standard InChI is InChI=1S/C23H32N4O3S/c28-20(10-3-2-9-19-21-18(15-31-19)25-23(30)26-21)24-14-16-7-6-8-17(13-16)22(29)27-11-4-1-5-12-27/h6-8,13,18-19,21H,1-5,9-12,14-15H2,(H,24,28)(H2,25,26,30)/t18-,19-,21-/m0/s1. The minimum atomic E-state index is -0.0543. The molecule has 168 valence electrons. The summed E-state index contributed by atoms with van der Waals surface area (Å²) in [7, 11) is 0. The Bertz CT molecular complexity index is 812. The number of fused-ring (bicyclic) bond motifs is 1. The molecule has 31 heavy (non-hydrogen) atoms. The molecule has 0 spiro atoms. The second kappa shape index (κ2) is 10.4. The van der Waals surface area contributed by atoms with Crippen LogP contribution < -0.4 is 16.0 Å². The summed E-state index contributed by atoms with van der Waals surface area (Å²) in [6.45, 7) is 2.12.